The smallest absolute Gasteiger partial charge is 0.223 e. The van der Waals surface area contributed by atoms with Crippen molar-refractivity contribution in [3.63, 3.8) is 0 Å². The predicted molar refractivity (Wildman–Crippen MR) is 97.6 cm³/mol. The Morgan fingerprint density at radius 3 is 2.80 bits per heavy atom. The molecule has 4 nitrogen and oxygen atoms in total. The van der Waals surface area contributed by atoms with Crippen LogP contribution < -0.4 is 4.74 Å². The second-order valence-electron chi connectivity index (χ2n) is 6.83. The molecule has 1 aromatic carbocycles. The Balaban J connectivity index is 1.60. The fourth-order valence-electron chi connectivity index (χ4n) is 3.79. The Morgan fingerprint density at radius 1 is 1.40 bits per heavy atom. The van der Waals surface area contributed by atoms with Crippen molar-refractivity contribution in [2.24, 2.45) is 11.8 Å². The number of amides is 1. The molecule has 1 amide bonds. The van der Waals surface area contributed by atoms with Crippen molar-refractivity contribution in [2.75, 3.05) is 25.1 Å². The highest BCUT2D eigenvalue weighted by Crippen LogP contribution is 2.38. The molecule has 1 aliphatic carbocycles. The molecule has 1 aliphatic heterocycles. The fourth-order valence-corrected chi connectivity index (χ4v) is 4.29. The Hall–Kier alpha value is -0.980. The molecule has 0 radical (unpaired) electrons. The van der Waals surface area contributed by atoms with E-state index in [4.69, 9.17) is 16.3 Å². The van der Waals surface area contributed by atoms with Gasteiger partial charge in [0.2, 0.25) is 5.91 Å². The molecule has 138 valence electrons. The number of fused-ring (bicyclic) bond motifs is 1. The molecule has 0 spiro atoms. The van der Waals surface area contributed by atoms with Gasteiger partial charge in [-0.2, -0.15) is 11.8 Å². The third-order valence-electron chi connectivity index (χ3n) is 5.14. The van der Waals surface area contributed by atoms with Gasteiger partial charge in [0.05, 0.1) is 11.1 Å². The van der Waals surface area contributed by atoms with Crippen molar-refractivity contribution in [2.45, 2.75) is 31.5 Å². The minimum absolute atomic E-state index is 0.0480. The van der Waals surface area contributed by atoms with E-state index in [1.165, 1.54) is 12.1 Å². The molecule has 2 aliphatic rings. The molecule has 0 unspecified atom stereocenters. The van der Waals surface area contributed by atoms with E-state index in [1.807, 2.05) is 11.2 Å². The molecule has 4 atom stereocenters. The zero-order valence-electron chi connectivity index (χ0n) is 14.2. The van der Waals surface area contributed by atoms with E-state index in [-0.39, 0.29) is 17.0 Å². The molecule has 0 bridgehead atoms. The van der Waals surface area contributed by atoms with Gasteiger partial charge in [0.25, 0.3) is 0 Å². The second-order valence-corrected chi connectivity index (χ2v) is 8.23. The van der Waals surface area contributed by atoms with E-state index in [0.717, 1.165) is 18.8 Å². The molecule has 1 saturated heterocycles. The monoisotopic (exact) mass is 387 g/mol. The Labute approximate surface area is 156 Å². The van der Waals surface area contributed by atoms with Crippen LogP contribution in [0.25, 0.3) is 0 Å². The van der Waals surface area contributed by atoms with Crippen LogP contribution in [0.2, 0.25) is 5.02 Å². The van der Waals surface area contributed by atoms with Crippen LogP contribution >= 0.6 is 23.4 Å². The minimum atomic E-state index is -0.610. The van der Waals surface area contributed by atoms with Gasteiger partial charge in [0.15, 0.2) is 0 Å². The number of nitrogens with zero attached hydrogens (tertiary/aromatic N) is 1. The summed E-state index contributed by atoms with van der Waals surface area (Å²) in [7, 11) is 0. The minimum Gasteiger partial charge on any atom is -0.488 e. The van der Waals surface area contributed by atoms with Crippen LogP contribution in [0.4, 0.5) is 4.39 Å². The summed E-state index contributed by atoms with van der Waals surface area (Å²) in [6.07, 6.45) is 2.84. The molecule has 3 rings (SSSR count). The number of aliphatic hydroxyl groups excluding tert-OH is 1. The van der Waals surface area contributed by atoms with Gasteiger partial charge < -0.3 is 14.7 Å². The first-order valence-corrected chi connectivity index (χ1v) is 10.3. The van der Waals surface area contributed by atoms with Crippen molar-refractivity contribution in [3.8, 4) is 5.75 Å². The molecule has 1 heterocycles. The zero-order valence-corrected chi connectivity index (χ0v) is 15.7. The number of rotatable bonds is 5. The van der Waals surface area contributed by atoms with Crippen LogP contribution in [0.5, 0.6) is 5.75 Å². The van der Waals surface area contributed by atoms with Crippen LogP contribution in [-0.4, -0.2) is 53.2 Å². The van der Waals surface area contributed by atoms with Gasteiger partial charge in [-0.1, -0.05) is 11.6 Å². The molecule has 1 saturated carbocycles. The van der Waals surface area contributed by atoms with Gasteiger partial charge in [-0.25, -0.2) is 4.39 Å². The summed E-state index contributed by atoms with van der Waals surface area (Å²) < 4.78 is 19.4. The van der Waals surface area contributed by atoms with Crippen LogP contribution in [0.1, 0.15) is 19.3 Å². The number of benzene rings is 1. The summed E-state index contributed by atoms with van der Waals surface area (Å²) in [5, 5.41) is 10.5. The highest BCUT2D eigenvalue weighted by Gasteiger charge is 2.43. The van der Waals surface area contributed by atoms with Crippen molar-refractivity contribution in [1.29, 1.82) is 0 Å². The first kappa shape index (κ1) is 18.8. The quantitative estimate of drug-likeness (QED) is 0.842. The molecule has 1 N–H and O–H groups in total. The lowest BCUT2D eigenvalue weighted by molar-refractivity contribution is -0.129. The van der Waals surface area contributed by atoms with Crippen molar-refractivity contribution in [1.82, 2.24) is 4.90 Å². The first-order chi connectivity index (χ1) is 12.0. The average Bonchev–Trinajstić information content (AvgIpc) is 2.99. The lowest BCUT2D eigenvalue weighted by Gasteiger charge is -2.35. The van der Waals surface area contributed by atoms with Gasteiger partial charge in [-0.15, -0.1) is 0 Å². The molecular formula is C18H23ClFNO3S. The van der Waals surface area contributed by atoms with Crippen molar-refractivity contribution >= 4 is 29.3 Å². The summed E-state index contributed by atoms with van der Waals surface area (Å²) in [6, 6.07) is 4.30. The van der Waals surface area contributed by atoms with E-state index in [1.54, 1.807) is 17.8 Å². The molecule has 2 fully saturated rings. The molecule has 25 heavy (non-hydrogen) atoms. The number of aliphatic hydroxyl groups is 1. The number of hydrogen-bond donors (Lipinski definition) is 1. The summed E-state index contributed by atoms with van der Waals surface area (Å²) in [4.78, 5) is 14.2. The number of thioether (sulfide) groups is 1. The van der Waals surface area contributed by atoms with E-state index in [0.29, 0.717) is 36.8 Å². The topological polar surface area (TPSA) is 49.8 Å². The van der Waals surface area contributed by atoms with Crippen molar-refractivity contribution < 1.29 is 19.0 Å². The van der Waals surface area contributed by atoms with Crippen LogP contribution in [-0.2, 0) is 4.79 Å². The Morgan fingerprint density at radius 2 is 2.12 bits per heavy atom. The molecular weight excluding hydrogens is 365 g/mol. The third-order valence-corrected chi connectivity index (χ3v) is 6.06. The summed E-state index contributed by atoms with van der Waals surface area (Å²) in [5.41, 5.74) is 0. The van der Waals surface area contributed by atoms with Gasteiger partial charge in [0, 0.05) is 31.3 Å². The Bertz CT molecular complexity index is 632. The van der Waals surface area contributed by atoms with Gasteiger partial charge in [-0.3, -0.25) is 4.79 Å². The van der Waals surface area contributed by atoms with Crippen LogP contribution in [0.15, 0.2) is 18.2 Å². The number of halogens is 2. The maximum Gasteiger partial charge on any atom is 0.223 e. The van der Waals surface area contributed by atoms with E-state index < -0.39 is 11.9 Å². The number of carbonyl (C=O) groups is 1. The largest absolute Gasteiger partial charge is 0.488 e. The molecule has 1 aromatic rings. The van der Waals surface area contributed by atoms with E-state index >= 15 is 0 Å². The van der Waals surface area contributed by atoms with E-state index in [9.17, 15) is 14.3 Å². The second kappa shape index (κ2) is 8.14. The highest BCUT2D eigenvalue weighted by molar-refractivity contribution is 7.98. The van der Waals surface area contributed by atoms with E-state index in [2.05, 4.69) is 0 Å². The summed E-state index contributed by atoms with van der Waals surface area (Å²) in [6.45, 7) is 1.44. The number of carbonyl (C=O) groups excluding carboxylic acids is 1. The molecule has 7 heteroatoms. The Kier molecular flexibility index (Phi) is 6.12. The summed E-state index contributed by atoms with van der Waals surface area (Å²) in [5.74, 6) is 1.50. The highest BCUT2D eigenvalue weighted by atomic mass is 35.5. The lowest BCUT2D eigenvalue weighted by Crippen LogP contribution is -2.42. The predicted octanol–water partition coefficient (Wildman–Crippen LogP) is 3.21. The number of hydrogen-bond acceptors (Lipinski definition) is 4. The maximum absolute atomic E-state index is 13.6. The average molecular weight is 388 g/mol. The summed E-state index contributed by atoms with van der Waals surface area (Å²) >= 11 is 7.36. The van der Waals surface area contributed by atoms with Crippen LogP contribution in [0, 0.1) is 17.7 Å². The normalized spacial score (nSPS) is 28.7. The zero-order chi connectivity index (χ0) is 18.0. The third kappa shape index (κ3) is 4.41. The van der Waals surface area contributed by atoms with Gasteiger partial charge in [-0.05, 0) is 43.1 Å². The number of ether oxygens (including phenoxy) is 1. The van der Waals surface area contributed by atoms with Crippen LogP contribution in [0.3, 0.4) is 0 Å². The maximum atomic E-state index is 13.6. The fraction of sp³-hybridized carbons (Fsp3) is 0.611. The first-order valence-electron chi connectivity index (χ1n) is 8.54. The number of likely N-dealkylation sites (tertiary alicyclic amines) is 1. The molecule has 0 aromatic heterocycles. The standard InChI is InChI=1S/C18H23ClFNO3S/c1-25-5-4-18(23)21-9-11-6-16(22)17(7-12(11)10-21)24-13-2-3-14(19)15(20)8-13/h2-3,8,11-12,16-17,22H,4-7,9-10H2,1H3/t11-,12+,16+,17+/m0/s1. The SMILES string of the molecule is CSCCC(=O)N1C[C@H]2C[C@@H](Oc3ccc(Cl)c(F)c3)[C@H](O)C[C@H]2C1. The van der Waals surface area contributed by atoms with Gasteiger partial charge >= 0.3 is 0 Å². The van der Waals surface area contributed by atoms with Gasteiger partial charge in [0.1, 0.15) is 17.7 Å². The lowest BCUT2D eigenvalue weighted by atomic mass is 9.78. The van der Waals surface area contributed by atoms with Crippen molar-refractivity contribution in [3.05, 3.63) is 29.0 Å².